The van der Waals surface area contributed by atoms with Gasteiger partial charge in [-0.3, -0.25) is 0 Å². The van der Waals surface area contributed by atoms with Crippen molar-refractivity contribution in [2.45, 2.75) is 40.0 Å². The van der Waals surface area contributed by atoms with Crippen molar-refractivity contribution in [3.63, 3.8) is 0 Å². The monoisotopic (exact) mass is 398 g/mol. The highest BCUT2D eigenvalue weighted by molar-refractivity contribution is 7.11. The third-order valence-electron chi connectivity index (χ3n) is 3.68. The van der Waals surface area contributed by atoms with Crippen molar-refractivity contribution in [1.29, 1.82) is 0 Å². The van der Waals surface area contributed by atoms with Gasteiger partial charge in [-0.15, -0.1) is 11.3 Å². The number of aliphatic imine (C=N–C) groups is 1. The number of ether oxygens (including phenoxy) is 1. The van der Waals surface area contributed by atoms with Gasteiger partial charge in [0.2, 0.25) is 0 Å². The third kappa shape index (κ3) is 6.76. The Hall–Kier alpha value is -2.26. The maximum absolute atomic E-state index is 12.2. The van der Waals surface area contributed by atoms with Crippen molar-refractivity contribution in [2.24, 2.45) is 4.99 Å². The number of rotatable bonds is 8. The summed E-state index contributed by atoms with van der Waals surface area (Å²) in [6, 6.07) is 5.91. The first-order valence-electron chi connectivity index (χ1n) is 8.57. The number of nitrogens with zero attached hydrogens (tertiary/aromatic N) is 2. The van der Waals surface area contributed by atoms with Crippen LogP contribution in [0.2, 0.25) is 0 Å². The molecule has 0 aliphatic carbocycles. The van der Waals surface area contributed by atoms with Gasteiger partial charge in [0.25, 0.3) is 0 Å². The summed E-state index contributed by atoms with van der Waals surface area (Å²) < 4.78 is 28.7. The first kappa shape index (κ1) is 21.0. The van der Waals surface area contributed by atoms with Crippen LogP contribution in [0.1, 0.15) is 34.2 Å². The molecular formula is C18H24F2N4O2S. The number of halogens is 2. The van der Waals surface area contributed by atoms with Gasteiger partial charge in [0, 0.05) is 18.0 Å². The number of aryl methyl sites for hydroxylation is 2. The number of aliphatic hydroxyl groups is 1. The Morgan fingerprint density at radius 3 is 2.52 bits per heavy atom. The zero-order valence-electron chi connectivity index (χ0n) is 15.5. The van der Waals surface area contributed by atoms with Crippen LogP contribution in [-0.4, -0.2) is 35.8 Å². The van der Waals surface area contributed by atoms with E-state index in [1.807, 2.05) is 20.8 Å². The minimum absolute atomic E-state index is 0.0547. The third-order valence-corrected chi connectivity index (χ3v) is 4.74. The van der Waals surface area contributed by atoms with Crippen LogP contribution in [-0.2, 0) is 6.54 Å². The molecule has 148 valence electrons. The number of hydrogen-bond donors (Lipinski definition) is 3. The van der Waals surface area contributed by atoms with E-state index in [9.17, 15) is 13.9 Å². The SMILES string of the molecule is CCNC(=NCc1sc(C)nc1C)NCC(O)c1ccc(OC(F)F)cc1. The summed E-state index contributed by atoms with van der Waals surface area (Å²) >= 11 is 1.61. The molecule has 1 unspecified atom stereocenters. The molecule has 1 atom stereocenters. The second-order valence-corrected chi connectivity index (χ2v) is 7.07. The molecule has 0 amide bonds. The predicted molar refractivity (Wildman–Crippen MR) is 102 cm³/mol. The molecule has 1 heterocycles. The van der Waals surface area contributed by atoms with Crippen LogP contribution in [0.15, 0.2) is 29.3 Å². The lowest BCUT2D eigenvalue weighted by Crippen LogP contribution is -2.39. The Labute approximate surface area is 161 Å². The Morgan fingerprint density at radius 1 is 1.26 bits per heavy atom. The summed E-state index contributed by atoms with van der Waals surface area (Å²) in [6.45, 7) is 4.42. The fraction of sp³-hybridized carbons (Fsp3) is 0.444. The molecule has 6 nitrogen and oxygen atoms in total. The normalized spacial score (nSPS) is 12.9. The molecule has 27 heavy (non-hydrogen) atoms. The quantitative estimate of drug-likeness (QED) is 0.470. The highest BCUT2D eigenvalue weighted by Gasteiger charge is 2.11. The molecule has 0 bridgehead atoms. The average Bonchev–Trinajstić information content (AvgIpc) is 2.94. The number of alkyl halides is 2. The van der Waals surface area contributed by atoms with Crippen LogP contribution < -0.4 is 15.4 Å². The van der Waals surface area contributed by atoms with Gasteiger partial charge in [-0.05, 0) is 38.5 Å². The van der Waals surface area contributed by atoms with Crippen LogP contribution in [0.25, 0.3) is 0 Å². The van der Waals surface area contributed by atoms with Gasteiger partial charge < -0.3 is 20.5 Å². The minimum Gasteiger partial charge on any atom is -0.435 e. The summed E-state index contributed by atoms with van der Waals surface area (Å²) in [5.74, 6) is 0.638. The first-order valence-corrected chi connectivity index (χ1v) is 9.38. The van der Waals surface area contributed by atoms with Crippen molar-refractivity contribution in [1.82, 2.24) is 15.6 Å². The van der Waals surface area contributed by atoms with Crippen LogP contribution in [0.4, 0.5) is 8.78 Å². The molecule has 0 spiro atoms. The number of nitrogens with one attached hydrogen (secondary N) is 2. The first-order chi connectivity index (χ1) is 12.9. The molecule has 0 saturated carbocycles. The number of benzene rings is 1. The van der Waals surface area contributed by atoms with E-state index in [1.165, 1.54) is 12.1 Å². The fourth-order valence-corrected chi connectivity index (χ4v) is 3.26. The lowest BCUT2D eigenvalue weighted by atomic mass is 10.1. The standard InChI is InChI=1S/C18H24F2N4O2S/c1-4-21-18(23-10-16-11(2)24-12(3)27-16)22-9-15(25)13-5-7-14(8-6-13)26-17(19)20/h5-8,15,17,25H,4,9-10H2,1-3H3,(H2,21,22,23). The van der Waals surface area contributed by atoms with E-state index in [0.717, 1.165) is 15.6 Å². The molecule has 1 aromatic heterocycles. The molecule has 1 aromatic carbocycles. The molecule has 0 fully saturated rings. The topological polar surface area (TPSA) is 78.8 Å². The van der Waals surface area contributed by atoms with Crippen molar-refractivity contribution in [2.75, 3.05) is 13.1 Å². The summed E-state index contributed by atoms with van der Waals surface area (Å²) in [6.07, 6.45) is -0.818. The van der Waals surface area contributed by atoms with Gasteiger partial charge in [0.1, 0.15) is 5.75 Å². The maximum atomic E-state index is 12.2. The van der Waals surface area contributed by atoms with Gasteiger partial charge in [-0.1, -0.05) is 12.1 Å². The van der Waals surface area contributed by atoms with Gasteiger partial charge in [0.05, 0.1) is 23.4 Å². The zero-order chi connectivity index (χ0) is 19.8. The second-order valence-electron chi connectivity index (χ2n) is 5.78. The number of aromatic nitrogens is 1. The van der Waals surface area contributed by atoms with Gasteiger partial charge in [-0.25, -0.2) is 9.98 Å². The largest absolute Gasteiger partial charge is 0.435 e. The van der Waals surface area contributed by atoms with Crippen LogP contribution in [0, 0.1) is 13.8 Å². The molecule has 0 aliphatic rings. The van der Waals surface area contributed by atoms with E-state index in [4.69, 9.17) is 0 Å². The summed E-state index contributed by atoms with van der Waals surface area (Å²) in [5, 5.41) is 17.5. The molecular weight excluding hydrogens is 374 g/mol. The van der Waals surface area contributed by atoms with Gasteiger partial charge in [-0.2, -0.15) is 8.78 Å². The Morgan fingerprint density at radius 2 is 1.96 bits per heavy atom. The van der Waals surface area contributed by atoms with Crippen molar-refractivity contribution >= 4 is 17.3 Å². The van der Waals surface area contributed by atoms with Crippen molar-refractivity contribution in [3.8, 4) is 5.75 Å². The average molecular weight is 398 g/mol. The summed E-state index contributed by atoms with van der Waals surface area (Å²) in [7, 11) is 0. The van der Waals surface area contributed by atoms with E-state index >= 15 is 0 Å². The van der Waals surface area contributed by atoms with Gasteiger partial charge in [0.15, 0.2) is 5.96 Å². The number of guanidine groups is 1. The highest BCUT2D eigenvalue weighted by atomic mass is 32.1. The minimum atomic E-state index is -2.87. The Kier molecular flexibility index (Phi) is 7.93. The number of aliphatic hydroxyl groups excluding tert-OH is 1. The van der Waals surface area contributed by atoms with E-state index in [-0.39, 0.29) is 12.3 Å². The molecule has 3 N–H and O–H groups in total. The van der Waals surface area contributed by atoms with Crippen LogP contribution >= 0.6 is 11.3 Å². The Balaban J connectivity index is 1.93. The summed E-state index contributed by atoms with van der Waals surface area (Å²) in [5.41, 5.74) is 1.57. The predicted octanol–water partition coefficient (Wildman–Crippen LogP) is 3.15. The fourth-order valence-electron chi connectivity index (χ4n) is 2.40. The van der Waals surface area contributed by atoms with E-state index in [1.54, 1.807) is 23.5 Å². The van der Waals surface area contributed by atoms with Crippen molar-refractivity contribution < 1.29 is 18.6 Å². The number of thiazole rings is 1. The van der Waals surface area contributed by atoms with Crippen LogP contribution in [0.5, 0.6) is 5.75 Å². The Bertz CT molecular complexity index is 750. The molecule has 0 aliphatic heterocycles. The highest BCUT2D eigenvalue weighted by Crippen LogP contribution is 2.19. The van der Waals surface area contributed by atoms with Crippen LogP contribution in [0.3, 0.4) is 0 Å². The molecule has 9 heteroatoms. The second kappa shape index (κ2) is 10.2. The molecule has 2 aromatic rings. The molecule has 0 saturated heterocycles. The van der Waals surface area contributed by atoms with E-state index in [2.05, 4.69) is 25.3 Å². The van der Waals surface area contributed by atoms with E-state index in [0.29, 0.717) is 24.6 Å². The molecule has 2 rings (SSSR count). The zero-order valence-corrected chi connectivity index (χ0v) is 16.3. The number of hydrogen-bond acceptors (Lipinski definition) is 5. The summed E-state index contributed by atoms with van der Waals surface area (Å²) in [4.78, 5) is 10.0. The smallest absolute Gasteiger partial charge is 0.387 e. The van der Waals surface area contributed by atoms with Gasteiger partial charge >= 0.3 is 6.61 Å². The maximum Gasteiger partial charge on any atom is 0.387 e. The van der Waals surface area contributed by atoms with Crippen molar-refractivity contribution in [3.05, 3.63) is 45.4 Å². The lowest BCUT2D eigenvalue weighted by molar-refractivity contribution is -0.0498. The lowest BCUT2D eigenvalue weighted by Gasteiger charge is -2.16. The van der Waals surface area contributed by atoms with E-state index < -0.39 is 12.7 Å². The molecule has 0 radical (unpaired) electrons.